The third-order valence-electron chi connectivity index (χ3n) is 4.49. The number of likely N-dealkylation sites (N-methyl/N-ethyl adjacent to an activating group) is 1. The molecular weight excluding hydrogens is 228 g/mol. The van der Waals surface area contributed by atoms with E-state index in [1.165, 1.54) is 13.1 Å². The van der Waals surface area contributed by atoms with Crippen molar-refractivity contribution in [3.05, 3.63) is 0 Å². The quantitative estimate of drug-likeness (QED) is 0.682. The first-order valence-corrected chi connectivity index (χ1v) is 7.03. The predicted molar refractivity (Wildman–Crippen MR) is 73.7 cm³/mol. The molecule has 0 saturated carbocycles. The fourth-order valence-electron chi connectivity index (χ4n) is 2.58. The Bertz CT molecular complexity index is 273. The van der Waals surface area contributed by atoms with Crippen LogP contribution in [0.2, 0.25) is 0 Å². The predicted octanol–water partition coefficient (Wildman–Crippen LogP) is 1.81. The first-order valence-electron chi connectivity index (χ1n) is 7.03. The van der Waals surface area contributed by atoms with Crippen molar-refractivity contribution in [3.63, 3.8) is 0 Å². The van der Waals surface area contributed by atoms with E-state index in [9.17, 15) is 4.79 Å². The monoisotopic (exact) mass is 256 g/mol. The molecule has 4 nitrogen and oxygen atoms in total. The highest BCUT2D eigenvalue weighted by atomic mass is 16.4. The Morgan fingerprint density at radius 3 is 2.33 bits per heavy atom. The summed E-state index contributed by atoms with van der Waals surface area (Å²) in [4.78, 5) is 13.6. The molecular formula is C14H28N2O2. The third kappa shape index (κ3) is 3.95. The maximum Gasteiger partial charge on any atom is 0.323 e. The second-order valence-corrected chi connectivity index (χ2v) is 6.06. The molecule has 0 spiro atoms. The van der Waals surface area contributed by atoms with E-state index in [-0.39, 0.29) is 0 Å². The molecule has 18 heavy (non-hydrogen) atoms. The Morgan fingerprint density at radius 1 is 1.33 bits per heavy atom. The van der Waals surface area contributed by atoms with Crippen molar-refractivity contribution in [2.75, 3.05) is 26.7 Å². The number of carboxylic acids is 1. The average molecular weight is 256 g/mol. The van der Waals surface area contributed by atoms with Crippen LogP contribution in [0.1, 0.15) is 40.0 Å². The second kappa shape index (κ2) is 6.53. The zero-order valence-electron chi connectivity index (χ0n) is 12.2. The number of rotatable bonds is 7. The molecule has 0 aromatic carbocycles. The molecule has 0 bridgehead atoms. The van der Waals surface area contributed by atoms with Crippen molar-refractivity contribution < 1.29 is 9.90 Å². The van der Waals surface area contributed by atoms with Crippen LogP contribution in [0.3, 0.4) is 0 Å². The molecule has 0 aromatic heterocycles. The number of nitrogens with one attached hydrogen (secondary N) is 1. The van der Waals surface area contributed by atoms with Gasteiger partial charge < -0.3 is 15.3 Å². The molecule has 3 atom stereocenters. The third-order valence-corrected chi connectivity index (χ3v) is 4.49. The summed E-state index contributed by atoms with van der Waals surface area (Å²) in [5.74, 6) is 0.839. The highest BCUT2D eigenvalue weighted by Gasteiger charge is 2.30. The lowest BCUT2D eigenvalue weighted by Gasteiger charge is -2.24. The number of carboxylic acid groups (broad SMARTS) is 1. The number of hydrogen-bond donors (Lipinski definition) is 2. The van der Waals surface area contributed by atoms with Gasteiger partial charge in [-0.15, -0.1) is 0 Å². The molecule has 106 valence electrons. The van der Waals surface area contributed by atoms with Gasteiger partial charge in [0.15, 0.2) is 0 Å². The van der Waals surface area contributed by atoms with Crippen LogP contribution in [-0.4, -0.2) is 48.2 Å². The van der Waals surface area contributed by atoms with E-state index < -0.39 is 11.5 Å². The lowest BCUT2D eigenvalue weighted by molar-refractivity contribution is -0.144. The van der Waals surface area contributed by atoms with Crippen LogP contribution in [0.4, 0.5) is 0 Å². The van der Waals surface area contributed by atoms with Crippen LogP contribution in [0.5, 0.6) is 0 Å². The fourth-order valence-corrected chi connectivity index (χ4v) is 2.58. The molecule has 0 radical (unpaired) electrons. The minimum Gasteiger partial charge on any atom is -0.480 e. The zero-order valence-corrected chi connectivity index (χ0v) is 12.2. The summed E-state index contributed by atoms with van der Waals surface area (Å²) in [6, 6.07) is 0. The molecule has 0 aromatic rings. The summed E-state index contributed by atoms with van der Waals surface area (Å²) in [6.07, 6.45) is 2.74. The summed E-state index contributed by atoms with van der Waals surface area (Å²) in [5.41, 5.74) is -0.772. The minimum absolute atomic E-state index is 0.692. The molecule has 1 fully saturated rings. The fraction of sp³-hybridized carbons (Fsp3) is 0.929. The standard InChI is InChI=1S/C14H28N2O2/c1-11-9-16(10-12(11)2)8-6-5-7-14(3,15-4)13(17)18/h11-12,15H,5-10H2,1-4H3,(H,17,18). The summed E-state index contributed by atoms with van der Waals surface area (Å²) < 4.78 is 0. The van der Waals surface area contributed by atoms with E-state index in [1.807, 2.05) is 0 Å². The van der Waals surface area contributed by atoms with Crippen molar-refractivity contribution >= 4 is 5.97 Å². The molecule has 4 heteroatoms. The highest BCUT2D eigenvalue weighted by molar-refractivity contribution is 5.78. The van der Waals surface area contributed by atoms with Gasteiger partial charge in [-0.05, 0) is 51.6 Å². The van der Waals surface area contributed by atoms with E-state index in [4.69, 9.17) is 5.11 Å². The van der Waals surface area contributed by atoms with Gasteiger partial charge in [0.25, 0.3) is 0 Å². The molecule has 1 saturated heterocycles. The van der Waals surface area contributed by atoms with Crippen molar-refractivity contribution in [1.82, 2.24) is 10.2 Å². The van der Waals surface area contributed by atoms with Gasteiger partial charge in [0.1, 0.15) is 5.54 Å². The first-order chi connectivity index (χ1) is 8.39. The van der Waals surface area contributed by atoms with Crippen LogP contribution >= 0.6 is 0 Å². The summed E-state index contributed by atoms with van der Waals surface area (Å²) >= 11 is 0. The van der Waals surface area contributed by atoms with Gasteiger partial charge >= 0.3 is 5.97 Å². The van der Waals surface area contributed by atoms with Crippen LogP contribution in [0.15, 0.2) is 0 Å². The maximum atomic E-state index is 11.1. The SMILES string of the molecule is CNC(C)(CCCCN1CC(C)C(C)C1)C(=O)O. The Kier molecular flexibility index (Phi) is 5.60. The van der Waals surface area contributed by atoms with Gasteiger partial charge in [-0.2, -0.15) is 0 Å². The van der Waals surface area contributed by atoms with Gasteiger partial charge in [-0.1, -0.05) is 13.8 Å². The Labute approximate surface area is 111 Å². The number of nitrogens with zero attached hydrogens (tertiary/aromatic N) is 1. The van der Waals surface area contributed by atoms with Gasteiger partial charge in [-0.3, -0.25) is 4.79 Å². The van der Waals surface area contributed by atoms with Crippen molar-refractivity contribution in [3.8, 4) is 0 Å². The number of carbonyl (C=O) groups is 1. The zero-order chi connectivity index (χ0) is 13.8. The number of likely N-dealkylation sites (tertiary alicyclic amines) is 1. The lowest BCUT2D eigenvalue weighted by Crippen LogP contribution is -2.47. The Hall–Kier alpha value is -0.610. The molecule has 3 unspecified atom stereocenters. The molecule has 1 aliphatic heterocycles. The smallest absolute Gasteiger partial charge is 0.323 e. The minimum atomic E-state index is -0.772. The molecule has 1 heterocycles. The highest BCUT2D eigenvalue weighted by Crippen LogP contribution is 2.22. The molecule has 1 rings (SSSR count). The van der Waals surface area contributed by atoms with Crippen molar-refractivity contribution in [1.29, 1.82) is 0 Å². The summed E-state index contributed by atoms with van der Waals surface area (Å²) in [7, 11) is 1.72. The Morgan fingerprint density at radius 2 is 1.89 bits per heavy atom. The van der Waals surface area contributed by atoms with E-state index >= 15 is 0 Å². The van der Waals surface area contributed by atoms with E-state index in [0.29, 0.717) is 6.42 Å². The van der Waals surface area contributed by atoms with E-state index in [1.54, 1.807) is 14.0 Å². The number of unbranched alkanes of at least 4 members (excludes halogenated alkanes) is 1. The molecule has 1 aliphatic rings. The second-order valence-electron chi connectivity index (χ2n) is 6.06. The van der Waals surface area contributed by atoms with E-state index in [2.05, 4.69) is 24.1 Å². The first kappa shape index (κ1) is 15.4. The van der Waals surface area contributed by atoms with Gasteiger partial charge in [0, 0.05) is 13.1 Å². The van der Waals surface area contributed by atoms with Crippen LogP contribution in [-0.2, 0) is 4.79 Å². The van der Waals surface area contributed by atoms with Crippen molar-refractivity contribution in [2.24, 2.45) is 11.8 Å². The average Bonchev–Trinajstić information content (AvgIpc) is 2.64. The van der Waals surface area contributed by atoms with Crippen molar-refractivity contribution in [2.45, 2.75) is 45.6 Å². The van der Waals surface area contributed by atoms with Gasteiger partial charge in [0.2, 0.25) is 0 Å². The number of hydrogen-bond acceptors (Lipinski definition) is 3. The van der Waals surface area contributed by atoms with Gasteiger partial charge in [-0.25, -0.2) is 0 Å². The normalized spacial score (nSPS) is 28.2. The van der Waals surface area contributed by atoms with Crippen LogP contribution < -0.4 is 5.32 Å². The number of aliphatic carboxylic acids is 1. The maximum absolute atomic E-state index is 11.1. The Balaban J connectivity index is 2.21. The lowest BCUT2D eigenvalue weighted by atomic mass is 9.95. The summed E-state index contributed by atoms with van der Waals surface area (Å²) in [5, 5.41) is 12.0. The molecule has 2 N–H and O–H groups in total. The van der Waals surface area contributed by atoms with Crippen LogP contribution in [0, 0.1) is 11.8 Å². The van der Waals surface area contributed by atoms with Gasteiger partial charge in [0.05, 0.1) is 0 Å². The topological polar surface area (TPSA) is 52.6 Å². The largest absolute Gasteiger partial charge is 0.480 e. The van der Waals surface area contributed by atoms with E-state index in [0.717, 1.165) is 31.2 Å². The summed E-state index contributed by atoms with van der Waals surface area (Å²) in [6.45, 7) is 9.89. The van der Waals surface area contributed by atoms with Crippen LogP contribution in [0.25, 0.3) is 0 Å². The molecule has 0 aliphatic carbocycles. The molecule has 0 amide bonds.